The fourth-order valence-corrected chi connectivity index (χ4v) is 2.02. The van der Waals surface area contributed by atoms with Crippen molar-refractivity contribution in [2.24, 2.45) is 0 Å². The number of aromatic carboxylic acids is 1. The van der Waals surface area contributed by atoms with Gasteiger partial charge in [0.2, 0.25) is 0 Å². The number of carbonyl (C=O) groups is 1. The molecule has 0 saturated carbocycles. The third kappa shape index (κ3) is 2.31. The topological polar surface area (TPSA) is 58.4 Å². The van der Waals surface area contributed by atoms with Crippen LogP contribution < -0.4 is 4.90 Å². The molecule has 1 N–H and O–H groups in total. The highest BCUT2D eigenvalue weighted by Gasteiger charge is 2.23. The number of carboxylic acid groups (broad SMARTS) is 1. The summed E-state index contributed by atoms with van der Waals surface area (Å²) >= 11 is 0. The summed E-state index contributed by atoms with van der Waals surface area (Å²) in [4.78, 5) is 13.3. The van der Waals surface area contributed by atoms with Crippen molar-refractivity contribution >= 4 is 11.8 Å². The molecule has 5 heteroatoms. The first-order valence-corrected chi connectivity index (χ1v) is 6.15. The molecule has 1 aromatic heterocycles. The van der Waals surface area contributed by atoms with E-state index in [1.54, 1.807) is 11.6 Å². The quantitative estimate of drug-likeness (QED) is 0.915. The molecule has 19 heavy (non-hydrogen) atoms. The van der Waals surface area contributed by atoms with Crippen molar-refractivity contribution in [1.29, 1.82) is 0 Å². The van der Waals surface area contributed by atoms with Gasteiger partial charge >= 0.3 is 5.97 Å². The summed E-state index contributed by atoms with van der Waals surface area (Å²) in [5.41, 5.74) is 1.63. The van der Waals surface area contributed by atoms with Gasteiger partial charge in [-0.3, -0.25) is 0 Å². The van der Waals surface area contributed by atoms with Crippen molar-refractivity contribution in [1.82, 2.24) is 9.78 Å². The molecular weight excluding hydrogens is 242 g/mol. The Balaban J connectivity index is 2.68. The predicted octanol–water partition coefficient (Wildman–Crippen LogP) is 2.34. The van der Waals surface area contributed by atoms with E-state index in [4.69, 9.17) is 0 Å². The summed E-state index contributed by atoms with van der Waals surface area (Å²) in [7, 11) is 1.86. The molecule has 0 amide bonds. The van der Waals surface area contributed by atoms with Crippen LogP contribution in [0, 0.1) is 6.92 Å². The van der Waals surface area contributed by atoms with Crippen LogP contribution in [-0.4, -0.2) is 34.4 Å². The van der Waals surface area contributed by atoms with E-state index in [1.165, 1.54) is 0 Å². The average Bonchev–Trinajstić information content (AvgIpc) is 2.76. The van der Waals surface area contributed by atoms with Gasteiger partial charge in [0.25, 0.3) is 0 Å². The Morgan fingerprint density at radius 1 is 1.37 bits per heavy atom. The maximum absolute atomic E-state index is 11.4. The van der Waals surface area contributed by atoms with E-state index >= 15 is 0 Å². The Morgan fingerprint density at radius 3 is 2.53 bits per heavy atom. The molecule has 0 aliphatic carbocycles. The highest BCUT2D eigenvalue weighted by atomic mass is 16.4. The number of hydrogen-bond donors (Lipinski definition) is 1. The van der Waals surface area contributed by atoms with Gasteiger partial charge in [-0.2, -0.15) is 5.10 Å². The lowest BCUT2D eigenvalue weighted by Crippen LogP contribution is -2.22. The molecule has 2 aromatic rings. The molecule has 0 saturated heterocycles. The number of aromatic nitrogens is 2. The standard InChI is InChI=1S/C14H17N3O2/c1-4-16(3)13-12(14(18)19)10(2)15-17(13)11-8-6-5-7-9-11/h5-9H,4H2,1-3H3,(H,18,19). The summed E-state index contributed by atoms with van der Waals surface area (Å²) in [6.45, 7) is 4.40. The maximum Gasteiger partial charge on any atom is 0.341 e. The van der Waals surface area contributed by atoms with Gasteiger partial charge in [-0.15, -0.1) is 0 Å². The Hall–Kier alpha value is -2.30. The Kier molecular flexibility index (Phi) is 3.55. The van der Waals surface area contributed by atoms with Crippen molar-refractivity contribution in [3.8, 4) is 5.69 Å². The third-order valence-electron chi connectivity index (χ3n) is 3.09. The molecule has 5 nitrogen and oxygen atoms in total. The Morgan fingerprint density at radius 2 is 2.00 bits per heavy atom. The zero-order valence-electron chi connectivity index (χ0n) is 11.3. The van der Waals surface area contributed by atoms with Gasteiger partial charge in [-0.25, -0.2) is 9.48 Å². The molecule has 0 aliphatic rings. The summed E-state index contributed by atoms with van der Waals surface area (Å²) in [6, 6.07) is 9.54. The van der Waals surface area contributed by atoms with Crippen molar-refractivity contribution in [2.75, 3.05) is 18.5 Å². The summed E-state index contributed by atoms with van der Waals surface area (Å²) < 4.78 is 1.68. The molecule has 0 atom stereocenters. The molecule has 0 bridgehead atoms. The van der Waals surface area contributed by atoms with Crippen LogP contribution in [-0.2, 0) is 0 Å². The highest BCUT2D eigenvalue weighted by Crippen LogP contribution is 2.26. The number of hydrogen-bond acceptors (Lipinski definition) is 3. The van der Waals surface area contributed by atoms with Gasteiger partial charge in [-0.05, 0) is 26.0 Å². The third-order valence-corrected chi connectivity index (χ3v) is 3.09. The fourth-order valence-electron chi connectivity index (χ4n) is 2.02. The summed E-state index contributed by atoms with van der Waals surface area (Å²) in [5.74, 6) is -0.339. The fraction of sp³-hybridized carbons (Fsp3) is 0.286. The van der Waals surface area contributed by atoms with Crippen LogP contribution in [0.15, 0.2) is 30.3 Å². The maximum atomic E-state index is 11.4. The second kappa shape index (κ2) is 5.14. The van der Waals surface area contributed by atoms with Crippen molar-refractivity contribution < 1.29 is 9.90 Å². The second-order valence-corrected chi connectivity index (χ2v) is 4.35. The van der Waals surface area contributed by atoms with Crippen LogP contribution in [0.3, 0.4) is 0 Å². The Bertz CT molecular complexity index is 590. The molecule has 100 valence electrons. The molecule has 0 fully saturated rings. The second-order valence-electron chi connectivity index (χ2n) is 4.35. The smallest absolute Gasteiger partial charge is 0.341 e. The van der Waals surface area contributed by atoms with Crippen molar-refractivity contribution in [3.63, 3.8) is 0 Å². The molecule has 0 radical (unpaired) electrons. The van der Waals surface area contributed by atoms with Gasteiger partial charge < -0.3 is 10.0 Å². The minimum absolute atomic E-state index is 0.258. The largest absolute Gasteiger partial charge is 0.477 e. The number of aryl methyl sites for hydroxylation is 1. The number of nitrogens with zero attached hydrogens (tertiary/aromatic N) is 3. The van der Waals surface area contributed by atoms with Gasteiger partial charge in [0, 0.05) is 13.6 Å². The van der Waals surface area contributed by atoms with Crippen molar-refractivity contribution in [2.45, 2.75) is 13.8 Å². The van der Waals surface area contributed by atoms with E-state index in [2.05, 4.69) is 5.10 Å². The van der Waals surface area contributed by atoms with Crippen LogP contribution in [0.2, 0.25) is 0 Å². The van der Waals surface area contributed by atoms with Crippen LogP contribution in [0.1, 0.15) is 23.0 Å². The summed E-state index contributed by atoms with van der Waals surface area (Å²) in [5, 5.41) is 13.7. The number of benzene rings is 1. The molecular formula is C14H17N3O2. The lowest BCUT2D eigenvalue weighted by atomic mass is 10.2. The predicted molar refractivity (Wildman–Crippen MR) is 74.2 cm³/mol. The van der Waals surface area contributed by atoms with Gasteiger partial charge in [0.1, 0.15) is 11.4 Å². The lowest BCUT2D eigenvalue weighted by Gasteiger charge is -2.19. The average molecular weight is 259 g/mol. The number of rotatable bonds is 4. The minimum atomic E-state index is -0.949. The van der Waals surface area contributed by atoms with Crippen LogP contribution in [0.4, 0.5) is 5.82 Å². The van der Waals surface area contributed by atoms with Crippen LogP contribution >= 0.6 is 0 Å². The van der Waals surface area contributed by atoms with E-state index in [-0.39, 0.29) is 5.56 Å². The Labute approximate surface area is 112 Å². The van der Waals surface area contributed by atoms with Gasteiger partial charge in [-0.1, -0.05) is 18.2 Å². The van der Waals surface area contributed by atoms with Gasteiger partial charge in [0.15, 0.2) is 0 Å². The lowest BCUT2D eigenvalue weighted by molar-refractivity contribution is 0.0697. The first kappa shape index (κ1) is 13.1. The number of anilines is 1. The molecule has 0 spiro atoms. The number of carboxylic acids is 1. The number of para-hydroxylation sites is 1. The zero-order valence-corrected chi connectivity index (χ0v) is 11.3. The normalized spacial score (nSPS) is 10.5. The van der Waals surface area contributed by atoms with E-state index < -0.39 is 5.97 Å². The molecule has 0 unspecified atom stereocenters. The van der Waals surface area contributed by atoms with E-state index in [9.17, 15) is 9.90 Å². The summed E-state index contributed by atoms with van der Waals surface area (Å²) in [6.07, 6.45) is 0. The monoisotopic (exact) mass is 259 g/mol. The minimum Gasteiger partial charge on any atom is -0.477 e. The van der Waals surface area contributed by atoms with E-state index in [0.29, 0.717) is 18.1 Å². The van der Waals surface area contributed by atoms with Crippen LogP contribution in [0.25, 0.3) is 5.69 Å². The van der Waals surface area contributed by atoms with E-state index in [0.717, 1.165) is 5.69 Å². The zero-order chi connectivity index (χ0) is 14.0. The van der Waals surface area contributed by atoms with Gasteiger partial charge in [0.05, 0.1) is 11.4 Å². The molecule has 0 aliphatic heterocycles. The van der Waals surface area contributed by atoms with Crippen molar-refractivity contribution in [3.05, 3.63) is 41.6 Å². The molecule has 1 aromatic carbocycles. The first-order chi connectivity index (χ1) is 9.06. The highest BCUT2D eigenvalue weighted by molar-refractivity contribution is 5.95. The molecule has 1 heterocycles. The first-order valence-electron chi connectivity index (χ1n) is 6.15. The van der Waals surface area contributed by atoms with E-state index in [1.807, 2.05) is 49.2 Å². The van der Waals surface area contributed by atoms with Crippen LogP contribution in [0.5, 0.6) is 0 Å². The molecule has 2 rings (SSSR count). The SMILES string of the molecule is CCN(C)c1c(C(=O)O)c(C)nn1-c1ccccc1.